The highest BCUT2D eigenvalue weighted by atomic mass is 16.5. The zero-order chi connectivity index (χ0) is 17.1. The minimum Gasteiger partial charge on any atom is -0.393 e. The Hall–Kier alpha value is -0.380. The Morgan fingerprint density at radius 2 is 2.00 bits per heavy atom. The van der Waals surface area contributed by atoms with Gasteiger partial charge in [-0.05, 0) is 74.0 Å². The van der Waals surface area contributed by atoms with Gasteiger partial charge in [0.2, 0.25) is 0 Å². The Kier molecular flexibility index (Phi) is 4.14. The standard InChI is InChI=1S/C21H34O3/c1-13-10-15(22)11-14-4-5-16-17-6-7-19(23)20(17,2)9-8-18(16)21(13,14)12-24-3/h4,13,15-19,22-23H,5-12H2,1-3H3/t13-,15+,16+,17+,18+,19+,20+,21+/m1/s1. The van der Waals surface area contributed by atoms with Gasteiger partial charge in [-0.1, -0.05) is 25.5 Å². The van der Waals surface area contributed by atoms with E-state index in [1.165, 1.54) is 18.4 Å². The highest BCUT2D eigenvalue weighted by Gasteiger charge is 2.61. The fourth-order valence-corrected chi connectivity index (χ4v) is 7.43. The number of hydrogen-bond donors (Lipinski definition) is 2. The van der Waals surface area contributed by atoms with E-state index in [4.69, 9.17) is 4.74 Å². The minimum atomic E-state index is -0.185. The fourth-order valence-electron chi connectivity index (χ4n) is 7.43. The van der Waals surface area contributed by atoms with Crippen LogP contribution in [0, 0.1) is 34.5 Å². The molecule has 3 nitrogen and oxygen atoms in total. The van der Waals surface area contributed by atoms with Crippen LogP contribution in [0.15, 0.2) is 11.6 Å². The lowest BCUT2D eigenvalue weighted by atomic mass is 9.45. The van der Waals surface area contributed by atoms with Crippen molar-refractivity contribution in [2.75, 3.05) is 13.7 Å². The molecule has 136 valence electrons. The first-order valence-electron chi connectivity index (χ1n) is 9.98. The maximum absolute atomic E-state index is 10.6. The van der Waals surface area contributed by atoms with Gasteiger partial charge in [0.1, 0.15) is 0 Å². The monoisotopic (exact) mass is 334 g/mol. The Balaban J connectivity index is 1.74. The van der Waals surface area contributed by atoms with Crippen LogP contribution in [0.25, 0.3) is 0 Å². The van der Waals surface area contributed by atoms with Crippen molar-refractivity contribution in [2.45, 2.75) is 71.0 Å². The molecule has 0 spiro atoms. The van der Waals surface area contributed by atoms with Crippen molar-refractivity contribution in [1.82, 2.24) is 0 Å². The first-order valence-corrected chi connectivity index (χ1v) is 9.98. The summed E-state index contributed by atoms with van der Waals surface area (Å²) in [7, 11) is 1.83. The smallest absolute Gasteiger partial charge is 0.0596 e. The summed E-state index contributed by atoms with van der Waals surface area (Å²) < 4.78 is 5.78. The van der Waals surface area contributed by atoms with Crippen LogP contribution >= 0.6 is 0 Å². The molecular formula is C21H34O3. The minimum absolute atomic E-state index is 0.113. The Bertz CT molecular complexity index is 529. The van der Waals surface area contributed by atoms with Crippen LogP contribution < -0.4 is 0 Å². The molecule has 0 aliphatic heterocycles. The molecule has 0 aromatic rings. The van der Waals surface area contributed by atoms with Crippen LogP contribution in [0.5, 0.6) is 0 Å². The van der Waals surface area contributed by atoms with E-state index in [-0.39, 0.29) is 23.0 Å². The summed E-state index contributed by atoms with van der Waals surface area (Å²) in [5.41, 5.74) is 1.71. The molecule has 24 heavy (non-hydrogen) atoms. The van der Waals surface area contributed by atoms with Crippen molar-refractivity contribution in [3.63, 3.8) is 0 Å². The fraction of sp³-hybridized carbons (Fsp3) is 0.905. The molecule has 0 bridgehead atoms. The first kappa shape index (κ1) is 17.1. The van der Waals surface area contributed by atoms with Crippen molar-refractivity contribution in [3.8, 4) is 0 Å². The van der Waals surface area contributed by atoms with Crippen molar-refractivity contribution in [1.29, 1.82) is 0 Å². The van der Waals surface area contributed by atoms with Crippen LogP contribution in [0.4, 0.5) is 0 Å². The number of ether oxygens (including phenoxy) is 1. The lowest BCUT2D eigenvalue weighted by Crippen LogP contribution is -2.56. The van der Waals surface area contributed by atoms with Crippen LogP contribution in [0.1, 0.15) is 58.8 Å². The molecular weight excluding hydrogens is 300 g/mol. The highest BCUT2D eigenvalue weighted by Crippen LogP contribution is 2.66. The van der Waals surface area contributed by atoms with Crippen molar-refractivity contribution in [2.24, 2.45) is 34.5 Å². The van der Waals surface area contributed by atoms with E-state index in [9.17, 15) is 10.2 Å². The molecule has 0 saturated heterocycles. The molecule has 4 aliphatic rings. The second-order valence-corrected chi connectivity index (χ2v) is 9.45. The predicted molar refractivity (Wildman–Crippen MR) is 94.5 cm³/mol. The normalized spacial score (nSPS) is 53.8. The van der Waals surface area contributed by atoms with E-state index in [1.54, 1.807) is 0 Å². The third-order valence-corrected chi connectivity index (χ3v) is 8.63. The zero-order valence-corrected chi connectivity index (χ0v) is 15.5. The van der Waals surface area contributed by atoms with Gasteiger partial charge in [-0.2, -0.15) is 0 Å². The van der Waals surface area contributed by atoms with E-state index in [0.29, 0.717) is 23.7 Å². The third-order valence-electron chi connectivity index (χ3n) is 8.63. The van der Waals surface area contributed by atoms with Crippen molar-refractivity contribution < 1.29 is 14.9 Å². The molecule has 0 aromatic heterocycles. The number of rotatable bonds is 2. The molecule has 4 aliphatic carbocycles. The van der Waals surface area contributed by atoms with Crippen molar-refractivity contribution in [3.05, 3.63) is 11.6 Å². The molecule has 2 N–H and O–H groups in total. The maximum Gasteiger partial charge on any atom is 0.0596 e. The van der Waals surface area contributed by atoms with Gasteiger partial charge in [-0.15, -0.1) is 0 Å². The van der Waals surface area contributed by atoms with Gasteiger partial charge in [-0.25, -0.2) is 0 Å². The Morgan fingerprint density at radius 3 is 2.75 bits per heavy atom. The number of fused-ring (bicyclic) bond motifs is 5. The van der Waals surface area contributed by atoms with Gasteiger partial charge in [0.05, 0.1) is 18.8 Å². The average Bonchev–Trinajstić information content (AvgIpc) is 2.84. The Labute approximate surface area is 146 Å². The summed E-state index contributed by atoms with van der Waals surface area (Å²) >= 11 is 0. The summed E-state index contributed by atoms with van der Waals surface area (Å²) in [6.45, 7) is 5.45. The van der Waals surface area contributed by atoms with Crippen LogP contribution in [0.2, 0.25) is 0 Å². The van der Waals surface area contributed by atoms with E-state index in [0.717, 1.165) is 38.7 Å². The van der Waals surface area contributed by atoms with Gasteiger partial charge in [0.25, 0.3) is 0 Å². The van der Waals surface area contributed by atoms with Crippen LogP contribution in [0.3, 0.4) is 0 Å². The lowest BCUT2D eigenvalue weighted by molar-refractivity contribution is -0.112. The summed E-state index contributed by atoms with van der Waals surface area (Å²) in [4.78, 5) is 0. The number of aliphatic hydroxyl groups is 2. The first-order chi connectivity index (χ1) is 11.4. The number of methoxy groups -OCH3 is 1. The lowest BCUT2D eigenvalue weighted by Gasteiger charge is -2.60. The van der Waals surface area contributed by atoms with Crippen molar-refractivity contribution >= 4 is 0 Å². The van der Waals surface area contributed by atoms with E-state index in [1.807, 2.05) is 7.11 Å². The van der Waals surface area contributed by atoms with E-state index < -0.39 is 0 Å². The summed E-state index contributed by atoms with van der Waals surface area (Å²) in [5.74, 6) is 2.45. The molecule has 4 rings (SSSR count). The largest absolute Gasteiger partial charge is 0.393 e. The van der Waals surface area contributed by atoms with E-state index in [2.05, 4.69) is 19.9 Å². The van der Waals surface area contributed by atoms with Crippen LogP contribution in [-0.2, 0) is 4.74 Å². The molecule has 0 radical (unpaired) electrons. The van der Waals surface area contributed by atoms with Gasteiger partial charge >= 0.3 is 0 Å². The van der Waals surface area contributed by atoms with Gasteiger partial charge in [-0.3, -0.25) is 0 Å². The molecule has 3 heteroatoms. The maximum atomic E-state index is 10.6. The van der Waals surface area contributed by atoms with Gasteiger partial charge in [0, 0.05) is 12.5 Å². The molecule has 3 saturated carbocycles. The molecule has 0 heterocycles. The topological polar surface area (TPSA) is 49.7 Å². The molecule has 0 unspecified atom stereocenters. The number of aliphatic hydroxyl groups excluding tert-OH is 2. The number of allylic oxidation sites excluding steroid dienone is 1. The average molecular weight is 335 g/mol. The predicted octanol–water partition coefficient (Wildman–Crippen LogP) is 3.54. The van der Waals surface area contributed by atoms with Gasteiger partial charge in [0.15, 0.2) is 0 Å². The third kappa shape index (κ3) is 2.13. The second kappa shape index (κ2) is 5.82. The highest BCUT2D eigenvalue weighted by molar-refractivity contribution is 5.28. The summed E-state index contributed by atoms with van der Waals surface area (Å²) in [6.07, 6.45) is 9.54. The second-order valence-electron chi connectivity index (χ2n) is 9.45. The molecule has 0 amide bonds. The quantitative estimate of drug-likeness (QED) is 0.759. The Morgan fingerprint density at radius 1 is 1.21 bits per heavy atom. The SMILES string of the molecule is COC[C@]12C(=CC[C@H]3[C@@H]4CC[C@H](O)[C@@]4(C)CC[C@@H]31)C[C@@H](O)C[C@H]2C. The summed E-state index contributed by atoms with van der Waals surface area (Å²) in [6, 6.07) is 0. The molecule has 8 atom stereocenters. The summed E-state index contributed by atoms with van der Waals surface area (Å²) in [5, 5.41) is 20.9. The van der Waals surface area contributed by atoms with E-state index >= 15 is 0 Å². The van der Waals surface area contributed by atoms with Gasteiger partial charge < -0.3 is 14.9 Å². The number of hydrogen-bond acceptors (Lipinski definition) is 3. The van der Waals surface area contributed by atoms with Crippen LogP contribution in [-0.4, -0.2) is 36.1 Å². The molecule has 0 aromatic carbocycles. The molecule has 3 fully saturated rings. The zero-order valence-electron chi connectivity index (χ0n) is 15.5.